The van der Waals surface area contributed by atoms with Crippen molar-refractivity contribution in [3.63, 3.8) is 0 Å². The SMILES string of the molecule is O=C(COc1cc(Cl)c(Cl)cc1Cl)OCC(=O)c1ccc2c(c1)CCC2. The minimum absolute atomic E-state index is 0.211. The van der Waals surface area contributed by atoms with Crippen LogP contribution in [0.2, 0.25) is 15.1 Å². The zero-order valence-electron chi connectivity index (χ0n) is 13.7. The molecule has 7 heteroatoms. The number of carbonyl (C=O) groups is 2. The third-order valence-corrected chi connectivity index (χ3v) is 5.12. The van der Waals surface area contributed by atoms with Crippen molar-refractivity contribution < 1.29 is 19.1 Å². The highest BCUT2D eigenvalue weighted by Crippen LogP contribution is 2.33. The fraction of sp³-hybridized carbons (Fsp3) is 0.263. The number of hydrogen-bond donors (Lipinski definition) is 0. The molecule has 0 amide bonds. The van der Waals surface area contributed by atoms with Gasteiger partial charge in [-0.15, -0.1) is 0 Å². The van der Waals surface area contributed by atoms with E-state index in [1.54, 1.807) is 6.07 Å². The monoisotopic (exact) mass is 412 g/mol. The first-order valence-corrected chi connectivity index (χ1v) is 9.15. The molecule has 0 N–H and O–H groups in total. The van der Waals surface area contributed by atoms with Gasteiger partial charge in [0.15, 0.2) is 19.0 Å². The molecule has 0 radical (unpaired) electrons. The molecule has 0 fully saturated rings. The molecule has 4 nitrogen and oxygen atoms in total. The molecule has 0 spiro atoms. The summed E-state index contributed by atoms with van der Waals surface area (Å²) in [6.07, 6.45) is 3.14. The van der Waals surface area contributed by atoms with Gasteiger partial charge in [0.05, 0.1) is 15.1 Å². The highest BCUT2D eigenvalue weighted by Gasteiger charge is 2.16. The van der Waals surface area contributed by atoms with Gasteiger partial charge in [-0.1, -0.05) is 46.9 Å². The van der Waals surface area contributed by atoms with E-state index in [-0.39, 0.29) is 33.2 Å². The number of Topliss-reactive ketones (excluding diaryl/α,β-unsaturated/α-hetero) is 1. The second-order valence-electron chi connectivity index (χ2n) is 5.91. The van der Waals surface area contributed by atoms with E-state index in [9.17, 15) is 9.59 Å². The first-order chi connectivity index (χ1) is 12.4. The van der Waals surface area contributed by atoms with E-state index in [0.29, 0.717) is 5.56 Å². The fourth-order valence-electron chi connectivity index (χ4n) is 2.77. The van der Waals surface area contributed by atoms with Gasteiger partial charge in [0, 0.05) is 11.6 Å². The number of benzene rings is 2. The Hall–Kier alpha value is -1.75. The van der Waals surface area contributed by atoms with Crippen LogP contribution in [0.5, 0.6) is 5.75 Å². The molecule has 1 aliphatic rings. The quantitative estimate of drug-likeness (QED) is 0.382. The first-order valence-electron chi connectivity index (χ1n) is 8.02. The average molecular weight is 414 g/mol. The van der Waals surface area contributed by atoms with Crippen molar-refractivity contribution in [3.05, 3.63) is 62.1 Å². The van der Waals surface area contributed by atoms with Gasteiger partial charge in [-0.25, -0.2) is 4.79 Å². The van der Waals surface area contributed by atoms with E-state index in [1.807, 2.05) is 12.1 Å². The third-order valence-electron chi connectivity index (χ3n) is 4.11. The number of esters is 1. The molecule has 2 aromatic carbocycles. The van der Waals surface area contributed by atoms with Crippen LogP contribution in [0.25, 0.3) is 0 Å². The Balaban J connectivity index is 1.51. The Labute approximate surface area is 165 Å². The Morgan fingerprint density at radius 1 is 0.885 bits per heavy atom. The molecule has 0 aromatic heterocycles. The second-order valence-corrected chi connectivity index (χ2v) is 7.13. The number of ether oxygens (including phenoxy) is 2. The van der Waals surface area contributed by atoms with E-state index < -0.39 is 12.6 Å². The molecule has 3 rings (SSSR count). The van der Waals surface area contributed by atoms with Crippen LogP contribution in [0, 0.1) is 0 Å². The third kappa shape index (κ3) is 4.50. The molecule has 0 aliphatic heterocycles. The molecular weight excluding hydrogens is 399 g/mol. The molecule has 0 bridgehead atoms. The van der Waals surface area contributed by atoms with Gasteiger partial charge in [0.25, 0.3) is 0 Å². The predicted molar refractivity (Wildman–Crippen MR) is 101 cm³/mol. The zero-order valence-corrected chi connectivity index (χ0v) is 16.0. The number of rotatable bonds is 6. The Morgan fingerprint density at radius 3 is 2.42 bits per heavy atom. The largest absolute Gasteiger partial charge is 0.480 e. The normalized spacial score (nSPS) is 12.6. The number of carbonyl (C=O) groups excluding carboxylic acids is 2. The van der Waals surface area contributed by atoms with E-state index in [1.165, 1.54) is 23.3 Å². The van der Waals surface area contributed by atoms with Crippen LogP contribution in [0.15, 0.2) is 30.3 Å². The topological polar surface area (TPSA) is 52.6 Å². The lowest BCUT2D eigenvalue weighted by Crippen LogP contribution is -2.19. The van der Waals surface area contributed by atoms with Gasteiger partial charge in [0.2, 0.25) is 0 Å². The summed E-state index contributed by atoms with van der Waals surface area (Å²) in [7, 11) is 0. The van der Waals surface area contributed by atoms with Crippen molar-refractivity contribution in [2.45, 2.75) is 19.3 Å². The molecular formula is C19H15Cl3O4. The molecule has 0 saturated carbocycles. The van der Waals surface area contributed by atoms with Gasteiger partial charge in [-0.2, -0.15) is 0 Å². The molecule has 136 valence electrons. The molecule has 1 aliphatic carbocycles. The summed E-state index contributed by atoms with van der Waals surface area (Å²) in [5.74, 6) is -0.717. The van der Waals surface area contributed by atoms with E-state index in [0.717, 1.165) is 19.3 Å². The lowest BCUT2D eigenvalue weighted by atomic mass is 10.0. The first kappa shape index (κ1) is 19.0. The molecule has 0 heterocycles. The van der Waals surface area contributed by atoms with Crippen LogP contribution in [0.1, 0.15) is 27.9 Å². The molecule has 0 atom stereocenters. The van der Waals surface area contributed by atoms with Gasteiger partial charge in [-0.3, -0.25) is 4.79 Å². The maximum atomic E-state index is 12.2. The second kappa shape index (κ2) is 8.30. The maximum absolute atomic E-state index is 12.2. The van der Waals surface area contributed by atoms with Crippen LogP contribution < -0.4 is 4.74 Å². The Morgan fingerprint density at radius 2 is 1.62 bits per heavy atom. The minimum atomic E-state index is -0.679. The summed E-state index contributed by atoms with van der Waals surface area (Å²) in [6.45, 7) is -0.731. The van der Waals surface area contributed by atoms with Crippen molar-refractivity contribution >= 4 is 46.6 Å². The number of fused-ring (bicyclic) bond motifs is 1. The summed E-state index contributed by atoms with van der Waals surface area (Å²) >= 11 is 17.7. The maximum Gasteiger partial charge on any atom is 0.344 e. The van der Waals surface area contributed by atoms with Crippen LogP contribution >= 0.6 is 34.8 Å². The molecule has 0 unspecified atom stereocenters. The van der Waals surface area contributed by atoms with Crippen LogP contribution in [-0.2, 0) is 22.4 Å². The van der Waals surface area contributed by atoms with E-state index >= 15 is 0 Å². The number of aryl methyl sites for hydroxylation is 2. The highest BCUT2D eigenvalue weighted by molar-refractivity contribution is 6.43. The fourth-order valence-corrected chi connectivity index (χ4v) is 3.36. The predicted octanol–water partition coefficient (Wildman–Crippen LogP) is 4.94. The molecule has 0 saturated heterocycles. The highest BCUT2D eigenvalue weighted by atomic mass is 35.5. The number of hydrogen-bond acceptors (Lipinski definition) is 4. The van der Waals surface area contributed by atoms with Crippen molar-refractivity contribution in [1.82, 2.24) is 0 Å². The average Bonchev–Trinajstić information content (AvgIpc) is 3.09. The van der Waals surface area contributed by atoms with Crippen LogP contribution in [0.4, 0.5) is 0 Å². The zero-order chi connectivity index (χ0) is 18.7. The summed E-state index contributed by atoms with van der Waals surface area (Å²) in [5, 5.41) is 0.763. The van der Waals surface area contributed by atoms with Crippen LogP contribution in [0.3, 0.4) is 0 Å². The lowest BCUT2D eigenvalue weighted by Gasteiger charge is -2.09. The summed E-state index contributed by atoms with van der Waals surface area (Å²) in [6, 6.07) is 8.45. The van der Waals surface area contributed by atoms with Gasteiger partial charge in [0.1, 0.15) is 5.75 Å². The number of halogens is 3. The van der Waals surface area contributed by atoms with E-state index in [2.05, 4.69) is 0 Å². The summed E-state index contributed by atoms with van der Waals surface area (Å²) in [4.78, 5) is 24.0. The van der Waals surface area contributed by atoms with Crippen molar-refractivity contribution in [3.8, 4) is 5.75 Å². The van der Waals surface area contributed by atoms with Gasteiger partial charge >= 0.3 is 5.97 Å². The lowest BCUT2D eigenvalue weighted by molar-refractivity contribution is -0.144. The number of ketones is 1. The standard InChI is InChI=1S/C19H15Cl3O4/c20-14-7-16(22)18(8-15(14)21)25-10-19(24)26-9-17(23)13-5-4-11-2-1-3-12(11)6-13/h4-8H,1-3,9-10H2. The van der Waals surface area contributed by atoms with Crippen molar-refractivity contribution in [2.24, 2.45) is 0 Å². The molecule has 2 aromatic rings. The summed E-state index contributed by atoms with van der Waals surface area (Å²) in [5.41, 5.74) is 3.03. The van der Waals surface area contributed by atoms with Crippen LogP contribution in [-0.4, -0.2) is 25.0 Å². The Kier molecular flexibility index (Phi) is 6.07. The van der Waals surface area contributed by atoms with Gasteiger partial charge < -0.3 is 9.47 Å². The molecule has 26 heavy (non-hydrogen) atoms. The van der Waals surface area contributed by atoms with Gasteiger partial charge in [-0.05, 0) is 42.5 Å². The summed E-state index contributed by atoms with van der Waals surface area (Å²) < 4.78 is 10.2. The Bertz CT molecular complexity index is 864. The van der Waals surface area contributed by atoms with Crippen molar-refractivity contribution in [2.75, 3.05) is 13.2 Å². The van der Waals surface area contributed by atoms with Crippen molar-refractivity contribution in [1.29, 1.82) is 0 Å². The smallest absolute Gasteiger partial charge is 0.344 e. The van der Waals surface area contributed by atoms with E-state index in [4.69, 9.17) is 44.3 Å². The minimum Gasteiger partial charge on any atom is -0.480 e.